The number of imide groups is 2. The molecular weight excluding hydrogens is 298 g/mol. The molecule has 2 aliphatic rings. The third-order valence-corrected chi connectivity index (χ3v) is 4.30. The van der Waals surface area contributed by atoms with Crippen LogP contribution in [-0.4, -0.2) is 51.7 Å². The van der Waals surface area contributed by atoms with Crippen molar-refractivity contribution in [3.63, 3.8) is 0 Å². The summed E-state index contributed by atoms with van der Waals surface area (Å²) in [4.78, 5) is 50.6. The van der Waals surface area contributed by atoms with Crippen molar-refractivity contribution in [1.82, 2.24) is 15.1 Å². The Morgan fingerprint density at radius 2 is 1.74 bits per heavy atom. The van der Waals surface area contributed by atoms with Crippen LogP contribution in [0.15, 0.2) is 0 Å². The number of hydrogen-bond donors (Lipinski definition) is 1. The smallest absolute Gasteiger partial charge is 0.334 e. The second kappa shape index (κ2) is 6.29. The van der Waals surface area contributed by atoms with E-state index in [0.717, 1.165) is 29.1 Å². The number of amides is 5. The van der Waals surface area contributed by atoms with Crippen molar-refractivity contribution in [3.8, 4) is 0 Å². The third-order valence-electron chi connectivity index (χ3n) is 4.30. The minimum Gasteiger partial charge on any atom is -0.350 e. The molecule has 1 N–H and O–H groups in total. The van der Waals surface area contributed by atoms with E-state index in [0.29, 0.717) is 6.42 Å². The number of urea groups is 1. The first-order valence-corrected chi connectivity index (χ1v) is 8.12. The first-order valence-electron chi connectivity index (χ1n) is 8.12. The van der Waals surface area contributed by atoms with Crippen molar-refractivity contribution < 1.29 is 19.2 Å². The van der Waals surface area contributed by atoms with Gasteiger partial charge in [-0.3, -0.25) is 19.3 Å². The average Bonchev–Trinajstić information content (AvgIpc) is 2.62. The van der Waals surface area contributed by atoms with Gasteiger partial charge in [0.2, 0.25) is 5.91 Å². The standard InChI is InChI=1S/C16H25N3O4/c1-10-7-5-6-8-11(10)19-14(22)13(21)18(15(19)23)9-12(20)17-16(2,3)4/h10-11H,5-9H2,1-4H3,(H,17,20)/t10-,11+/m1/s1. The molecule has 0 spiro atoms. The topological polar surface area (TPSA) is 86.8 Å². The Labute approximate surface area is 136 Å². The lowest BCUT2D eigenvalue weighted by atomic mass is 9.85. The molecule has 1 aliphatic carbocycles. The van der Waals surface area contributed by atoms with E-state index in [1.54, 1.807) is 20.8 Å². The first-order chi connectivity index (χ1) is 10.6. The number of carbonyl (C=O) groups excluding carboxylic acids is 4. The quantitative estimate of drug-likeness (QED) is 0.626. The van der Waals surface area contributed by atoms with Gasteiger partial charge in [-0.25, -0.2) is 9.69 Å². The van der Waals surface area contributed by atoms with Gasteiger partial charge >= 0.3 is 17.8 Å². The highest BCUT2D eigenvalue weighted by atomic mass is 16.2. The fraction of sp³-hybridized carbons (Fsp3) is 0.750. The average molecular weight is 323 g/mol. The Hall–Kier alpha value is -1.92. The first kappa shape index (κ1) is 17.4. The Balaban J connectivity index is 2.11. The zero-order chi connectivity index (χ0) is 17.4. The summed E-state index contributed by atoms with van der Waals surface area (Å²) in [5.74, 6) is -1.99. The maximum atomic E-state index is 12.5. The molecule has 5 amide bonds. The lowest BCUT2D eigenvalue weighted by molar-refractivity contribution is -0.145. The maximum Gasteiger partial charge on any atom is 0.334 e. The van der Waals surface area contributed by atoms with Gasteiger partial charge in [0.15, 0.2) is 0 Å². The SMILES string of the molecule is C[C@@H]1CCCC[C@@H]1N1C(=O)C(=O)N(CC(=O)NC(C)(C)C)C1=O. The van der Waals surface area contributed by atoms with Gasteiger partial charge in [-0.05, 0) is 39.5 Å². The molecule has 128 valence electrons. The van der Waals surface area contributed by atoms with Gasteiger partial charge in [0.1, 0.15) is 6.54 Å². The molecule has 0 unspecified atom stereocenters. The lowest BCUT2D eigenvalue weighted by Gasteiger charge is -2.34. The number of carbonyl (C=O) groups is 4. The van der Waals surface area contributed by atoms with Crippen LogP contribution in [0, 0.1) is 5.92 Å². The molecule has 0 aromatic heterocycles. The number of nitrogens with zero attached hydrogens (tertiary/aromatic N) is 2. The summed E-state index contributed by atoms with van der Waals surface area (Å²) in [6, 6.07) is -0.911. The van der Waals surface area contributed by atoms with E-state index in [-0.39, 0.29) is 12.0 Å². The number of rotatable bonds is 3. The monoisotopic (exact) mass is 323 g/mol. The maximum absolute atomic E-state index is 12.5. The Bertz CT molecular complexity index is 538. The fourth-order valence-corrected chi connectivity index (χ4v) is 3.24. The van der Waals surface area contributed by atoms with Gasteiger partial charge in [-0.1, -0.05) is 19.8 Å². The van der Waals surface area contributed by atoms with Crippen molar-refractivity contribution in [2.45, 2.75) is 65.0 Å². The van der Waals surface area contributed by atoms with E-state index in [1.807, 2.05) is 6.92 Å². The second-order valence-electron chi connectivity index (χ2n) is 7.48. The predicted molar refractivity (Wildman–Crippen MR) is 83.3 cm³/mol. The van der Waals surface area contributed by atoms with Crippen LogP contribution < -0.4 is 5.32 Å². The summed E-state index contributed by atoms with van der Waals surface area (Å²) >= 11 is 0. The van der Waals surface area contributed by atoms with Crippen LogP contribution in [0.25, 0.3) is 0 Å². The van der Waals surface area contributed by atoms with E-state index in [2.05, 4.69) is 5.32 Å². The van der Waals surface area contributed by atoms with Gasteiger partial charge in [0.25, 0.3) is 0 Å². The largest absolute Gasteiger partial charge is 0.350 e. The highest BCUT2D eigenvalue weighted by Crippen LogP contribution is 2.31. The fourth-order valence-electron chi connectivity index (χ4n) is 3.24. The summed E-state index contributed by atoms with van der Waals surface area (Å²) in [5.41, 5.74) is -0.468. The molecular formula is C16H25N3O4. The molecule has 0 aromatic carbocycles. The zero-order valence-electron chi connectivity index (χ0n) is 14.2. The molecule has 7 nitrogen and oxygen atoms in total. The van der Waals surface area contributed by atoms with Gasteiger partial charge < -0.3 is 5.32 Å². The van der Waals surface area contributed by atoms with E-state index in [9.17, 15) is 19.2 Å². The Kier molecular flexibility index (Phi) is 4.77. The predicted octanol–water partition coefficient (Wildman–Crippen LogP) is 1.27. The van der Waals surface area contributed by atoms with Crippen LogP contribution in [0.4, 0.5) is 4.79 Å². The molecule has 2 rings (SSSR count). The molecule has 0 bridgehead atoms. The minimum absolute atomic E-state index is 0.174. The molecule has 1 aliphatic heterocycles. The molecule has 0 aromatic rings. The molecule has 7 heteroatoms. The number of hydrogen-bond acceptors (Lipinski definition) is 4. The van der Waals surface area contributed by atoms with Crippen molar-refractivity contribution >= 4 is 23.8 Å². The van der Waals surface area contributed by atoms with E-state index in [1.165, 1.54) is 0 Å². The van der Waals surface area contributed by atoms with Gasteiger partial charge in [0, 0.05) is 11.6 Å². The van der Waals surface area contributed by atoms with Crippen LogP contribution in [0.2, 0.25) is 0 Å². The third kappa shape index (κ3) is 3.71. The van der Waals surface area contributed by atoms with E-state index < -0.39 is 35.8 Å². The summed E-state index contributed by atoms with van der Waals surface area (Å²) in [6.45, 7) is 6.99. The normalized spacial score (nSPS) is 26.0. The van der Waals surface area contributed by atoms with Gasteiger partial charge in [-0.15, -0.1) is 0 Å². The Morgan fingerprint density at radius 3 is 2.30 bits per heavy atom. The van der Waals surface area contributed by atoms with Gasteiger partial charge in [0.05, 0.1) is 0 Å². The minimum atomic E-state index is -0.906. The van der Waals surface area contributed by atoms with Crippen molar-refractivity contribution in [1.29, 1.82) is 0 Å². The summed E-state index contributed by atoms with van der Waals surface area (Å²) in [6.07, 6.45) is 3.65. The summed E-state index contributed by atoms with van der Waals surface area (Å²) in [5, 5.41) is 2.69. The molecule has 2 atom stereocenters. The van der Waals surface area contributed by atoms with Crippen LogP contribution in [-0.2, 0) is 14.4 Å². The van der Waals surface area contributed by atoms with Crippen molar-refractivity contribution in [2.75, 3.05) is 6.54 Å². The molecule has 1 saturated heterocycles. The van der Waals surface area contributed by atoms with Crippen LogP contribution >= 0.6 is 0 Å². The second-order valence-corrected chi connectivity index (χ2v) is 7.48. The lowest BCUT2D eigenvalue weighted by Crippen LogP contribution is -2.49. The van der Waals surface area contributed by atoms with E-state index in [4.69, 9.17) is 0 Å². The zero-order valence-corrected chi connectivity index (χ0v) is 14.2. The Morgan fingerprint density at radius 1 is 1.13 bits per heavy atom. The molecule has 23 heavy (non-hydrogen) atoms. The van der Waals surface area contributed by atoms with Crippen LogP contribution in [0.5, 0.6) is 0 Å². The summed E-state index contributed by atoms with van der Waals surface area (Å²) in [7, 11) is 0. The molecule has 0 radical (unpaired) electrons. The highest BCUT2D eigenvalue weighted by Gasteiger charge is 2.49. The summed E-state index contributed by atoms with van der Waals surface area (Å²) < 4.78 is 0. The van der Waals surface area contributed by atoms with Crippen molar-refractivity contribution in [2.24, 2.45) is 5.92 Å². The highest BCUT2D eigenvalue weighted by molar-refractivity contribution is 6.45. The van der Waals surface area contributed by atoms with Crippen LogP contribution in [0.3, 0.4) is 0 Å². The van der Waals surface area contributed by atoms with E-state index >= 15 is 0 Å². The molecule has 1 saturated carbocycles. The van der Waals surface area contributed by atoms with Gasteiger partial charge in [-0.2, -0.15) is 0 Å². The molecule has 2 fully saturated rings. The molecule has 1 heterocycles. The number of nitrogens with one attached hydrogen (secondary N) is 1. The van der Waals surface area contributed by atoms with Crippen molar-refractivity contribution in [3.05, 3.63) is 0 Å². The van der Waals surface area contributed by atoms with Crippen LogP contribution in [0.1, 0.15) is 53.4 Å².